The second kappa shape index (κ2) is 9.04. The number of carbonyl (C=O) groups is 2. The van der Waals surface area contributed by atoms with Gasteiger partial charge in [0.15, 0.2) is 0 Å². The van der Waals surface area contributed by atoms with Crippen LogP contribution in [0.15, 0.2) is 60.3 Å². The molecule has 2 heterocycles. The van der Waals surface area contributed by atoms with Crippen LogP contribution < -0.4 is 10.1 Å². The van der Waals surface area contributed by atoms with E-state index in [1.807, 2.05) is 6.07 Å². The van der Waals surface area contributed by atoms with Crippen LogP contribution >= 0.6 is 11.6 Å². The van der Waals surface area contributed by atoms with E-state index in [0.29, 0.717) is 34.7 Å². The van der Waals surface area contributed by atoms with Crippen molar-refractivity contribution in [3.05, 3.63) is 93.4 Å². The van der Waals surface area contributed by atoms with E-state index in [9.17, 15) is 14.0 Å². The predicted octanol–water partition coefficient (Wildman–Crippen LogP) is 4.70. The molecular weight excluding hydrogens is 431 g/mol. The van der Waals surface area contributed by atoms with Crippen LogP contribution in [-0.2, 0) is 11.2 Å². The van der Waals surface area contributed by atoms with Crippen LogP contribution in [0.5, 0.6) is 5.88 Å². The van der Waals surface area contributed by atoms with Crippen molar-refractivity contribution in [2.45, 2.75) is 6.42 Å². The number of fused-ring (bicyclic) bond motifs is 1. The molecule has 4 rings (SSSR count). The lowest BCUT2D eigenvalue weighted by Crippen LogP contribution is -2.27. The van der Waals surface area contributed by atoms with Gasteiger partial charge in [-0.15, -0.1) is 0 Å². The van der Waals surface area contributed by atoms with Gasteiger partial charge in [0.25, 0.3) is 5.91 Å². The number of rotatable bonds is 3. The van der Waals surface area contributed by atoms with Crippen molar-refractivity contribution < 1.29 is 18.7 Å². The van der Waals surface area contributed by atoms with Crippen LogP contribution in [-0.4, -0.2) is 23.8 Å². The fourth-order valence-corrected chi connectivity index (χ4v) is 3.33. The number of hydrogen-bond donors (Lipinski definition) is 1. The summed E-state index contributed by atoms with van der Waals surface area (Å²) in [6.07, 6.45) is 3.56. The Kier molecular flexibility index (Phi) is 6.02. The van der Waals surface area contributed by atoms with Crippen molar-refractivity contribution in [3.8, 4) is 17.7 Å². The smallest absolute Gasteiger partial charge is 0.259 e. The monoisotopic (exact) mass is 446 g/mol. The highest BCUT2D eigenvalue weighted by Gasteiger charge is 2.28. The number of hydrogen-bond acceptors (Lipinski definition) is 4. The molecule has 158 valence electrons. The standard InChI is InChI=1S/C25H16ClFN2O3/c1-32-23-10-7-16(14-28-23)4-2-3-15-6-9-22-18(11-15)24(30)19(25(31)29-22)12-17-5-8-21(27)20(26)13-17/h5-14H,4H2,1H3,(H,29,31)/b19-12+. The summed E-state index contributed by atoms with van der Waals surface area (Å²) in [7, 11) is 1.55. The number of amides is 1. The highest BCUT2D eigenvalue weighted by molar-refractivity contribution is 6.36. The third kappa shape index (κ3) is 4.53. The van der Waals surface area contributed by atoms with Crippen molar-refractivity contribution in [3.63, 3.8) is 0 Å². The van der Waals surface area contributed by atoms with Gasteiger partial charge in [0, 0.05) is 29.8 Å². The van der Waals surface area contributed by atoms with Gasteiger partial charge in [-0.2, -0.15) is 0 Å². The Labute approximate surface area is 188 Å². The number of nitrogens with one attached hydrogen (secondary N) is 1. The summed E-state index contributed by atoms with van der Waals surface area (Å²) in [6.45, 7) is 0. The molecule has 32 heavy (non-hydrogen) atoms. The molecule has 2 aromatic carbocycles. The van der Waals surface area contributed by atoms with Crippen LogP contribution in [0, 0.1) is 17.7 Å². The van der Waals surface area contributed by atoms with E-state index in [0.717, 1.165) is 5.56 Å². The zero-order valence-corrected chi connectivity index (χ0v) is 17.7. The topological polar surface area (TPSA) is 68.3 Å². The molecule has 1 aromatic heterocycles. The van der Waals surface area contributed by atoms with Gasteiger partial charge in [0.2, 0.25) is 11.7 Å². The Morgan fingerprint density at radius 1 is 1.16 bits per heavy atom. The van der Waals surface area contributed by atoms with E-state index in [2.05, 4.69) is 22.1 Å². The summed E-state index contributed by atoms with van der Waals surface area (Å²) in [5, 5.41) is 2.61. The first-order valence-corrected chi connectivity index (χ1v) is 9.97. The number of pyridine rings is 1. The molecule has 0 radical (unpaired) electrons. The van der Waals surface area contributed by atoms with Gasteiger partial charge in [0.1, 0.15) is 5.82 Å². The lowest BCUT2D eigenvalue weighted by molar-refractivity contribution is -0.112. The van der Waals surface area contributed by atoms with E-state index >= 15 is 0 Å². The molecule has 1 aliphatic heterocycles. The Balaban J connectivity index is 1.58. The predicted molar refractivity (Wildman–Crippen MR) is 120 cm³/mol. The van der Waals surface area contributed by atoms with E-state index in [4.69, 9.17) is 16.3 Å². The molecule has 1 aliphatic rings. The highest BCUT2D eigenvalue weighted by Crippen LogP contribution is 2.28. The van der Waals surface area contributed by atoms with Crippen LogP contribution in [0.3, 0.4) is 0 Å². The number of methoxy groups -OCH3 is 1. The molecule has 3 aromatic rings. The zero-order chi connectivity index (χ0) is 22.7. The molecule has 1 N–H and O–H groups in total. The van der Waals surface area contributed by atoms with Crippen molar-refractivity contribution in [1.29, 1.82) is 0 Å². The van der Waals surface area contributed by atoms with Crippen molar-refractivity contribution >= 4 is 35.1 Å². The average molecular weight is 447 g/mol. The Morgan fingerprint density at radius 3 is 2.72 bits per heavy atom. The summed E-state index contributed by atoms with van der Waals surface area (Å²) in [5.74, 6) is 5.07. The van der Waals surface area contributed by atoms with Crippen molar-refractivity contribution in [2.75, 3.05) is 12.4 Å². The number of nitrogens with zero attached hydrogens (tertiary/aromatic N) is 1. The van der Waals surface area contributed by atoms with Gasteiger partial charge < -0.3 is 10.1 Å². The van der Waals surface area contributed by atoms with Gasteiger partial charge in [-0.25, -0.2) is 9.37 Å². The molecule has 7 heteroatoms. The van der Waals surface area contributed by atoms with Crippen LogP contribution in [0.2, 0.25) is 5.02 Å². The normalized spacial score (nSPS) is 13.8. The number of benzene rings is 2. The van der Waals surface area contributed by atoms with Gasteiger partial charge in [-0.3, -0.25) is 9.59 Å². The van der Waals surface area contributed by atoms with Gasteiger partial charge in [-0.05, 0) is 47.5 Å². The second-order valence-electron chi connectivity index (χ2n) is 6.96. The molecule has 0 fully saturated rings. The number of anilines is 1. The summed E-state index contributed by atoms with van der Waals surface area (Å²) in [5.41, 5.74) is 2.71. The summed E-state index contributed by atoms with van der Waals surface area (Å²) < 4.78 is 18.4. The minimum atomic E-state index is -0.577. The SMILES string of the molecule is COc1ccc(CC#Cc2ccc3c(c2)C(=O)/C(=C\c2ccc(F)c(Cl)c2)C(=O)N3)cn1. The minimum absolute atomic E-state index is 0.0606. The zero-order valence-electron chi connectivity index (χ0n) is 16.9. The lowest BCUT2D eigenvalue weighted by atomic mass is 9.93. The van der Waals surface area contributed by atoms with Gasteiger partial charge in [0.05, 0.1) is 23.4 Å². The van der Waals surface area contributed by atoms with Gasteiger partial charge in [-0.1, -0.05) is 35.6 Å². The molecule has 0 spiro atoms. The Bertz CT molecular complexity index is 1320. The molecule has 0 aliphatic carbocycles. The van der Waals surface area contributed by atoms with E-state index < -0.39 is 17.5 Å². The molecule has 0 saturated carbocycles. The molecule has 0 saturated heterocycles. The third-order valence-corrected chi connectivity index (χ3v) is 5.08. The maximum atomic E-state index is 13.4. The van der Waals surface area contributed by atoms with Crippen LogP contribution in [0.1, 0.15) is 27.0 Å². The van der Waals surface area contributed by atoms with E-state index in [1.54, 1.807) is 37.6 Å². The minimum Gasteiger partial charge on any atom is -0.481 e. The van der Waals surface area contributed by atoms with Crippen LogP contribution in [0.4, 0.5) is 10.1 Å². The number of ketones is 1. The summed E-state index contributed by atoms with van der Waals surface area (Å²) in [4.78, 5) is 29.6. The second-order valence-corrected chi connectivity index (χ2v) is 7.37. The third-order valence-electron chi connectivity index (χ3n) is 4.79. The lowest BCUT2D eigenvalue weighted by Gasteiger charge is -2.18. The maximum Gasteiger partial charge on any atom is 0.259 e. The fraction of sp³-hybridized carbons (Fsp3) is 0.0800. The molecule has 0 atom stereocenters. The molecule has 0 bridgehead atoms. The molecular formula is C25H16ClFN2O3. The Hall–Kier alpha value is -3.95. The molecule has 5 nitrogen and oxygen atoms in total. The number of aromatic nitrogens is 1. The first kappa shape index (κ1) is 21.3. The van der Waals surface area contributed by atoms with Crippen LogP contribution in [0.25, 0.3) is 6.08 Å². The largest absolute Gasteiger partial charge is 0.481 e. The number of halogens is 2. The first-order chi connectivity index (χ1) is 15.4. The van der Waals surface area contributed by atoms with Crippen molar-refractivity contribution in [1.82, 2.24) is 4.98 Å². The Morgan fingerprint density at radius 2 is 2.00 bits per heavy atom. The quantitative estimate of drug-likeness (QED) is 0.360. The average Bonchev–Trinajstić information content (AvgIpc) is 2.80. The van der Waals surface area contributed by atoms with Crippen molar-refractivity contribution in [2.24, 2.45) is 0 Å². The maximum absolute atomic E-state index is 13.4. The van der Waals surface area contributed by atoms with E-state index in [1.165, 1.54) is 24.3 Å². The highest BCUT2D eigenvalue weighted by atomic mass is 35.5. The number of carbonyl (C=O) groups excluding carboxylic acids is 2. The fourth-order valence-electron chi connectivity index (χ4n) is 3.14. The molecule has 1 amide bonds. The number of ether oxygens (including phenoxy) is 1. The van der Waals surface area contributed by atoms with Gasteiger partial charge >= 0.3 is 0 Å². The van der Waals surface area contributed by atoms with E-state index in [-0.39, 0.29) is 10.6 Å². The molecule has 0 unspecified atom stereocenters. The summed E-state index contributed by atoms with van der Waals surface area (Å²) in [6, 6.07) is 12.7. The summed E-state index contributed by atoms with van der Waals surface area (Å²) >= 11 is 5.80. The number of Topliss-reactive ketones (excluding diaryl/α,β-unsaturated/α-hetero) is 1. The first-order valence-electron chi connectivity index (χ1n) is 9.59.